The van der Waals surface area contributed by atoms with Crippen molar-refractivity contribution in [1.82, 2.24) is 16.0 Å². The molecule has 1 heterocycles. The van der Waals surface area contributed by atoms with E-state index in [1.54, 1.807) is 0 Å². The van der Waals surface area contributed by atoms with Crippen molar-refractivity contribution in [2.75, 3.05) is 26.2 Å². The van der Waals surface area contributed by atoms with E-state index in [1.165, 1.54) is 12.8 Å². The van der Waals surface area contributed by atoms with Gasteiger partial charge in [0.25, 0.3) is 0 Å². The van der Waals surface area contributed by atoms with Gasteiger partial charge in [-0.05, 0) is 26.3 Å². The van der Waals surface area contributed by atoms with Gasteiger partial charge in [-0.25, -0.2) is 0 Å². The lowest BCUT2D eigenvalue weighted by atomic mass is 10.2. The third-order valence-electron chi connectivity index (χ3n) is 2.21. The minimum atomic E-state index is 0.0838. The number of carbonyl (C=O) groups is 1. The van der Waals surface area contributed by atoms with Gasteiger partial charge >= 0.3 is 0 Å². The highest BCUT2D eigenvalue weighted by atomic mass is 16.1. The van der Waals surface area contributed by atoms with Crippen molar-refractivity contribution in [3.8, 4) is 0 Å². The molecule has 4 nitrogen and oxygen atoms in total. The maximum absolute atomic E-state index is 11.0. The van der Waals surface area contributed by atoms with E-state index in [9.17, 15) is 4.79 Å². The van der Waals surface area contributed by atoms with Crippen molar-refractivity contribution in [3.05, 3.63) is 0 Å². The molecule has 1 fully saturated rings. The second kappa shape index (κ2) is 5.94. The molecule has 0 aliphatic carbocycles. The summed E-state index contributed by atoms with van der Waals surface area (Å²) in [6.07, 6.45) is 2.48. The quantitative estimate of drug-likeness (QED) is 0.539. The Kier molecular flexibility index (Phi) is 4.78. The Morgan fingerprint density at radius 3 is 3.08 bits per heavy atom. The monoisotopic (exact) mass is 185 g/mol. The van der Waals surface area contributed by atoms with Crippen molar-refractivity contribution in [1.29, 1.82) is 0 Å². The molecule has 0 aromatic carbocycles. The number of amides is 1. The van der Waals surface area contributed by atoms with Gasteiger partial charge < -0.3 is 16.0 Å². The first kappa shape index (κ1) is 10.5. The third kappa shape index (κ3) is 4.24. The normalized spacial score (nSPS) is 21.8. The summed E-state index contributed by atoms with van der Waals surface area (Å²) < 4.78 is 0. The van der Waals surface area contributed by atoms with Crippen LogP contribution in [0, 0.1) is 0 Å². The highest BCUT2D eigenvalue weighted by Crippen LogP contribution is 2.02. The molecule has 1 atom stereocenters. The number of carbonyl (C=O) groups excluding carboxylic acids is 1. The fourth-order valence-electron chi connectivity index (χ4n) is 1.55. The summed E-state index contributed by atoms with van der Waals surface area (Å²) in [5, 5.41) is 9.25. The maximum Gasteiger partial charge on any atom is 0.233 e. The summed E-state index contributed by atoms with van der Waals surface area (Å²) in [6.45, 7) is 5.09. The van der Waals surface area contributed by atoms with Crippen molar-refractivity contribution in [2.24, 2.45) is 0 Å². The highest BCUT2D eigenvalue weighted by molar-refractivity contribution is 5.77. The lowest BCUT2D eigenvalue weighted by molar-refractivity contribution is -0.120. The minimum absolute atomic E-state index is 0.0838. The standard InChI is InChI=1S/C9H19N3O/c1-2-11-9(13)7-10-6-8-4-3-5-12-8/h8,10,12H,2-7H2,1H3,(H,11,13). The molecule has 0 bridgehead atoms. The second-order valence-corrected chi connectivity index (χ2v) is 3.38. The van der Waals surface area contributed by atoms with Gasteiger partial charge in [0.2, 0.25) is 5.91 Å². The van der Waals surface area contributed by atoms with E-state index in [1.807, 2.05) is 6.92 Å². The van der Waals surface area contributed by atoms with Crippen LogP contribution in [0.4, 0.5) is 0 Å². The zero-order valence-corrected chi connectivity index (χ0v) is 8.23. The zero-order valence-electron chi connectivity index (χ0n) is 8.23. The SMILES string of the molecule is CCNC(=O)CNCC1CCCN1. The Morgan fingerprint density at radius 1 is 1.62 bits per heavy atom. The van der Waals surface area contributed by atoms with Crippen molar-refractivity contribution < 1.29 is 4.79 Å². The van der Waals surface area contributed by atoms with Gasteiger partial charge in [0, 0.05) is 19.1 Å². The average Bonchev–Trinajstić information content (AvgIpc) is 2.57. The molecule has 1 amide bonds. The van der Waals surface area contributed by atoms with Crippen LogP contribution in [-0.4, -0.2) is 38.1 Å². The van der Waals surface area contributed by atoms with E-state index in [-0.39, 0.29) is 5.91 Å². The molecule has 0 saturated carbocycles. The molecule has 0 radical (unpaired) electrons. The Morgan fingerprint density at radius 2 is 2.46 bits per heavy atom. The van der Waals surface area contributed by atoms with Crippen LogP contribution in [0.1, 0.15) is 19.8 Å². The molecular weight excluding hydrogens is 166 g/mol. The summed E-state index contributed by atoms with van der Waals surface area (Å²) in [4.78, 5) is 11.0. The van der Waals surface area contributed by atoms with E-state index in [0.717, 1.165) is 13.1 Å². The summed E-state index contributed by atoms with van der Waals surface area (Å²) in [7, 11) is 0. The Balaban J connectivity index is 1.96. The topological polar surface area (TPSA) is 53.2 Å². The predicted octanol–water partition coefficient (Wildman–Crippen LogP) is -0.536. The first-order chi connectivity index (χ1) is 6.33. The fourth-order valence-corrected chi connectivity index (χ4v) is 1.55. The number of likely N-dealkylation sites (N-methyl/N-ethyl adjacent to an activating group) is 1. The van der Waals surface area contributed by atoms with Gasteiger partial charge in [0.05, 0.1) is 6.54 Å². The van der Waals surface area contributed by atoms with Crippen molar-refractivity contribution in [3.63, 3.8) is 0 Å². The molecule has 1 aliphatic heterocycles. The van der Waals surface area contributed by atoms with Crippen LogP contribution in [0.2, 0.25) is 0 Å². The molecule has 1 aliphatic rings. The van der Waals surface area contributed by atoms with Gasteiger partial charge in [-0.15, -0.1) is 0 Å². The van der Waals surface area contributed by atoms with Crippen LogP contribution in [0.25, 0.3) is 0 Å². The molecule has 13 heavy (non-hydrogen) atoms. The van der Waals surface area contributed by atoms with Gasteiger partial charge in [0.15, 0.2) is 0 Å². The predicted molar refractivity (Wildman–Crippen MR) is 52.6 cm³/mol. The summed E-state index contributed by atoms with van der Waals surface area (Å²) >= 11 is 0. The largest absolute Gasteiger partial charge is 0.355 e. The van der Waals surface area contributed by atoms with Crippen LogP contribution in [0.5, 0.6) is 0 Å². The second-order valence-electron chi connectivity index (χ2n) is 3.38. The lowest BCUT2D eigenvalue weighted by Crippen LogP contribution is -2.39. The number of hydrogen-bond donors (Lipinski definition) is 3. The van der Waals surface area contributed by atoms with E-state index < -0.39 is 0 Å². The van der Waals surface area contributed by atoms with Gasteiger partial charge in [-0.3, -0.25) is 4.79 Å². The van der Waals surface area contributed by atoms with Gasteiger partial charge in [-0.1, -0.05) is 0 Å². The first-order valence-corrected chi connectivity index (χ1v) is 5.03. The molecule has 0 aromatic heterocycles. The van der Waals surface area contributed by atoms with E-state index in [2.05, 4.69) is 16.0 Å². The van der Waals surface area contributed by atoms with E-state index in [0.29, 0.717) is 19.1 Å². The summed E-state index contributed by atoms with van der Waals surface area (Å²) in [5.41, 5.74) is 0. The molecular formula is C9H19N3O. The summed E-state index contributed by atoms with van der Waals surface area (Å²) in [5.74, 6) is 0.0838. The molecule has 1 saturated heterocycles. The molecule has 0 spiro atoms. The molecule has 3 N–H and O–H groups in total. The average molecular weight is 185 g/mol. The fraction of sp³-hybridized carbons (Fsp3) is 0.889. The van der Waals surface area contributed by atoms with Gasteiger partial charge in [-0.2, -0.15) is 0 Å². The Hall–Kier alpha value is -0.610. The van der Waals surface area contributed by atoms with Crippen LogP contribution in [0.15, 0.2) is 0 Å². The summed E-state index contributed by atoms with van der Waals surface area (Å²) in [6, 6.07) is 0.564. The number of rotatable bonds is 5. The van der Waals surface area contributed by atoms with Crippen LogP contribution in [-0.2, 0) is 4.79 Å². The van der Waals surface area contributed by atoms with Gasteiger partial charge in [0.1, 0.15) is 0 Å². The molecule has 4 heteroatoms. The lowest BCUT2D eigenvalue weighted by Gasteiger charge is -2.10. The van der Waals surface area contributed by atoms with Crippen molar-refractivity contribution >= 4 is 5.91 Å². The van der Waals surface area contributed by atoms with Crippen LogP contribution >= 0.6 is 0 Å². The molecule has 1 unspecified atom stereocenters. The Bertz CT molecular complexity index is 155. The first-order valence-electron chi connectivity index (χ1n) is 5.03. The van der Waals surface area contributed by atoms with E-state index in [4.69, 9.17) is 0 Å². The highest BCUT2D eigenvalue weighted by Gasteiger charge is 2.13. The molecule has 0 aromatic rings. The van der Waals surface area contributed by atoms with Crippen LogP contribution < -0.4 is 16.0 Å². The minimum Gasteiger partial charge on any atom is -0.355 e. The molecule has 1 rings (SSSR count). The maximum atomic E-state index is 11.0. The third-order valence-corrected chi connectivity index (χ3v) is 2.21. The number of hydrogen-bond acceptors (Lipinski definition) is 3. The smallest absolute Gasteiger partial charge is 0.233 e. The molecule has 76 valence electrons. The van der Waals surface area contributed by atoms with Crippen molar-refractivity contribution in [2.45, 2.75) is 25.8 Å². The van der Waals surface area contributed by atoms with Crippen LogP contribution in [0.3, 0.4) is 0 Å². The number of nitrogens with one attached hydrogen (secondary N) is 3. The zero-order chi connectivity index (χ0) is 9.52. The Labute approximate surface area is 79.5 Å². The van der Waals surface area contributed by atoms with E-state index >= 15 is 0 Å².